The van der Waals surface area contributed by atoms with Gasteiger partial charge in [-0.3, -0.25) is 9.79 Å². The summed E-state index contributed by atoms with van der Waals surface area (Å²) in [6.07, 6.45) is 3.10. The van der Waals surface area contributed by atoms with Gasteiger partial charge < -0.3 is 19.5 Å². The van der Waals surface area contributed by atoms with Crippen LogP contribution in [0.2, 0.25) is 0 Å². The first-order valence-electron chi connectivity index (χ1n) is 8.40. The lowest BCUT2D eigenvalue weighted by Crippen LogP contribution is -2.52. The van der Waals surface area contributed by atoms with Crippen molar-refractivity contribution in [2.24, 2.45) is 10.7 Å². The molecule has 6 nitrogen and oxygen atoms in total. The molecule has 0 aliphatic carbocycles. The number of benzene rings is 1. The number of Topliss-reactive ketones (excluding diaryl/α,β-unsaturated/α-hetero) is 1. The highest BCUT2D eigenvalue weighted by atomic mass is 35.5. The number of carbonyl (C=O) groups is 1. The van der Waals surface area contributed by atoms with Gasteiger partial charge in [0.2, 0.25) is 5.78 Å². The molecule has 3 aromatic rings. The Balaban J connectivity index is 0.00000210. The summed E-state index contributed by atoms with van der Waals surface area (Å²) in [5, 5.41) is 0. The van der Waals surface area contributed by atoms with Gasteiger partial charge in [0.1, 0.15) is 5.71 Å². The second-order valence-corrected chi connectivity index (χ2v) is 6.23. The number of carbonyl (C=O) groups excluding carboxylic acids is 1. The summed E-state index contributed by atoms with van der Waals surface area (Å²) in [6, 6.07) is 13.9. The van der Waals surface area contributed by atoms with Crippen LogP contribution in [0.3, 0.4) is 0 Å². The lowest BCUT2D eigenvalue weighted by molar-refractivity contribution is 0.0922. The topological polar surface area (TPSA) is 85.0 Å². The molecule has 0 spiro atoms. The van der Waals surface area contributed by atoms with E-state index >= 15 is 0 Å². The van der Waals surface area contributed by atoms with Crippen molar-refractivity contribution in [1.29, 1.82) is 0 Å². The maximum atomic E-state index is 12.7. The van der Waals surface area contributed by atoms with E-state index in [0.29, 0.717) is 12.3 Å². The highest BCUT2D eigenvalue weighted by Crippen LogP contribution is 2.28. The summed E-state index contributed by atoms with van der Waals surface area (Å²) in [4.78, 5) is 19.4. The van der Waals surface area contributed by atoms with Crippen molar-refractivity contribution in [2.45, 2.75) is 12.1 Å². The maximum Gasteiger partial charge on any atom is 0.216 e. The Bertz CT molecular complexity index is 935. The van der Waals surface area contributed by atoms with E-state index in [1.165, 1.54) is 6.26 Å². The average molecular weight is 386 g/mol. The highest BCUT2D eigenvalue weighted by molar-refractivity contribution is 6.15. The molecule has 0 fully saturated rings. The van der Waals surface area contributed by atoms with Crippen molar-refractivity contribution < 1.29 is 13.6 Å². The monoisotopic (exact) mass is 385 g/mol. The molecular weight excluding hydrogens is 366 g/mol. The minimum atomic E-state index is -0.765. The van der Waals surface area contributed by atoms with Gasteiger partial charge in [0.25, 0.3) is 0 Å². The summed E-state index contributed by atoms with van der Waals surface area (Å²) in [5.74, 6) is 0.720. The van der Waals surface area contributed by atoms with Crippen molar-refractivity contribution in [3.8, 4) is 0 Å². The Morgan fingerprint density at radius 3 is 2.59 bits per heavy atom. The highest BCUT2D eigenvalue weighted by Gasteiger charge is 2.33. The third-order valence-electron chi connectivity index (χ3n) is 4.71. The van der Waals surface area contributed by atoms with Crippen LogP contribution in [0, 0.1) is 0 Å². The number of likely N-dealkylation sites (N-methyl/N-ethyl adjacent to an activating group) is 1. The molecule has 0 bridgehead atoms. The Hall–Kier alpha value is -2.83. The SMILES string of the molecule is CN1c2ccccc2C(c2ccco2)=NCC1C(N)C(=O)c1ccco1.Cl. The fraction of sp³-hybridized carbons (Fsp3) is 0.200. The van der Waals surface area contributed by atoms with Crippen LogP contribution in [0.5, 0.6) is 0 Å². The molecule has 0 saturated carbocycles. The second kappa shape index (κ2) is 7.82. The number of benzodiazepines with no additional fused rings is 1. The van der Waals surface area contributed by atoms with Crippen LogP contribution in [0.15, 0.2) is 74.9 Å². The van der Waals surface area contributed by atoms with E-state index in [9.17, 15) is 4.79 Å². The zero-order chi connectivity index (χ0) is 18.1. The van der Waals surface area contributed by atoms with Crippen LogP contribution in [-0.4, -0.2) is 37.2 Å². The van der Waals surface area contributed by atoms with Gasteiger partial charge in [-0.2, -0.15) is 0 Å². The Kier molecular flexibility index (Phi) is 5.48. The zero-order valence-electron chi connectivity index (χ0n) is 14.7. The fourth-order valence-electron chi connectivity index (χ4n) is 3.29. The largest absolute Gasteiger partial charge is 0.463 e. The standard InChI is InChI=1S/C20H19N3O3.ClH/c1-23-14-7-3-2-6-13(14)19(16-8-4-10-25-16)22-12-15(23)18(21)20(24)17-9-5-11-26-17;/h2-11,15,18H,12,21H2,1H3;1H. The molecule has 7 heteroatoms. The minimum absolute atomic E-state index is 0. The molecule has 1 aliphatic rings. The van der Waals surface area contributed by atoms with Crippen molar-refractivity contribution in [1.82, 2.24) is 0 Å². The number of aliphatic imine (C=N–C) groups is 1. The number of hydrogen-bond donors (Lipinski definition) is 1. The predicted molar refractivity (Wildman–Crippen MR) is 106 cm³/mol. The van der Waals surface area contributed by atoms with Gasteiger partial charge in [0.15, 0.2) is 11.5 Å². The number of rotatable bonds is 4. The van der Waals surface area contributed by atoms with Crippen LogP contribution in [-0.2, 0) is 0 Å². The molecule has 2 N–H and O–H groups in total. The number of fused-ring (bicyclic) bond motifs is 1. The third-order valence-corrected chi connectivity index (χ3v) is 4.71. The van der Waals surface area contributed by atoms with Crippen molar-refractivity contribution >= 4 is 29.6 Å². The average Bonchev–Trinajstić information content (AvgIpc) is 3.36. The molecule has 3 heterocycles. The van der Waals surface area contributed by atoms with Crippen LogP contribution in [0.4, 0.5) is 5.69 Å². The second-order valence-electron chi connectivity index (χ2n) is 6.23. The Labute approximate surface area is 163 Å². The first-order valence-corrected chi connectivity index (χ1v) is 8.40. The molecule has 27 heavy (non-hydrogen) atoms. The molecule has 0 radical (unpaired) electrons. The van der Waals surface area contributed by atoms with Gasteiger partial charge in [-0.1, -0.05) is 18.2 Å². The van der Waals surface area contributed by atoms with Gasteiger partial charge in [-0.15, -0.1) is 12.4 Å². The summed E-state index contributed by atoms with van der Waals surface area (Å²) in [5.41, 5.74) is 8.98. The van der Waals surface area contributed by atoms with Crippen LogP contribution in [0.25, 0.3) is 0 Å². The molecule has 1 aromatic carbocycles. The molecule has 2 unspecified atom stereocenters. The summed E-state index contributed by atoms with van der Waals surface area (Å²) in [6.45, 7) is 0.370. The van der Waals surface area contributed by atoms with Gasteiger partial charge in [0, 0.05) is 18.3 Å². The third kappa shape index (κ3) is 3.41. The van der Waals surface area contributed by atoms with Crippen LogP contribution in [0.1, 0.15) is 21.9 Å². The number of hydrogen-bond acceptors (Lipinski definition) is 6. The summed E-state index contributed by atoms with van der Waals surface area (Å²) < 4.78 is 10.8. The van der Waals surface area contributed by atoms with E-state index in [1.807, 2.05) is 48.3 Å². The lowest BCUT2D eigenvalue weighted by atomic mass is 10.0. The number of anilines is 1. The first-order chi connectivity index (χ1) is 12.7. The smallest absolute Gasteiger partial charge is 0.216 e. The Morgan fingerprint density at radius 1 is 1.15 bits per heavy atom. The molecule has 4 rings (SSSR count). The maximum absolute atomic E-state index is 12.7. The molecule has 2 aromatic heterocycles. The van der Waals surface area contributed by atoms with Gasteiger partial charge in [-0.25, -0.2) is 0 Å². The van der Waals surface area contributed by atoms with Gasteiger partial charge in [-0.05, 0) is 30.3 Å². The molecular formula is C20H20ClN3O3. The van der Waals surface area contributed by atoms with Crippen molar-refractivity contribution in [3.05, 3.63) is 78.1 Å². The predicted octanol–water partition coefficient (Wildman–Crippen LogP) is 3.16. The van der Waals surface area contributed by atoms with Crippen LogP contribution < -0.4 is 10.6 Å². The quantitative estimate of drug-likeness (QED) is 0.697. The van der Waals surface area contributed by atoms with Crippen molar-refractivity contribution in [3.63, 3.8) is 0 Å². The molecule has 1 aliphatic heterocycles. The number of para-hydroxylation sites is 1. The van der Waals surface area contributed by atoms with Gasteiger partial charge in [0.05, 0.1) is 31.2 Å². The number of ketones is 1. The van der Waals surface area contributed by atoms with E-state index in [1.54, 1.807) is 18.4 Å². The zero-order valence-corrected chi connectivity index (χ0v) is 15.6. The Morgan fingerprint density at radius 2 is 1.89 bits per heavy atom. The number of furan rings is 2. The molecule has 0 saturated heterocycles. The minimum Gasteiger partial charge on any atom is -0.463 e. The van der Waals surface area contributed by atoms with E-state index in [2.05, 4.69) is 0 Å². The van der Waals surface area contributed by atoms with Gasteiger partial charge >= 0.3 is 0 Å². The number of nitrogens with two attached hydrogens (primary N) is 1. The summed E-state index contributed by atoms with van der Waals surface area (Å²) >= 11 is 0. The van der Waals surface area contributed by atoms with Crippen LogP contribution >= 0.6 is 12.4 Å². The van der Waals surface area contributed by atoms with E-state index in [-0.39, 0.29) is 30.0 Å². The lowest BCUT2D eigenvalue weighted by Gasteiger charge is -2.31. The summed E-state index contributed by atoms with van der Waals surface area (Å²) in [7, 11) is 1.93. The fourth-order valence-corrected chi connectivity index (χ4v) is 3.29. The van der Waals surface area contributed by atoms with E-state index in [4.69, 9.17) is 19.6 Å². The number of halogens is 1. The molecule has 2 atom stereocenters. The van der Waals surface area contributed by atoms with Crippen molar-refractivity contribution in [2.75, 3.05) is 18.5 Å². The molecule has 140 valence electrons. The van der Waals surface area contributed by atoms with E-state index < -0.39 is 6.04 Å². The van der Waals surface area contributed by atoms with E-state index in [0.717, 1.165) is 17.0 Å². The first kappa shape index (κ1) is 18.9. The normalized spacial score (nSPS) is 17.3. The molecule has 0 amide bonds. The number of nitrogens with zero attached hydrogens (tertiary/aromatic N) is 2.